The number of hydrogen-bond acceptors (Lipinski definition) is 7. The largest absolute Gasteiger partial charge is 0.497 e. The number of benzene rings is 3. The molecule has 0 aliphatic rings. The zero-order valence-electron chi connectivity index (χ0n) is 23.3. The minimum Gasteiger partial charge on any atom is -0.497 e. The Morgan fingerprint density at radius 3 is 2.28 bits per heavy atom. The van der Waals surface area contributed by atoms with Crippen LogP contribution in [0.15, 0.2) is 53.0 Å². The van der Waals surface area contributed by atoms with Crippen molar-refractivity contribution in [2.24, 2.45) is 0 Å². The summed E-state index contributed by atoms with van der Waals surface area (Å²) in [5, 5.41) is 2.11. The van der Waals surface area contributed by atoms with Crippen LogP contribution in [0.1, 0.15) is 67.4 Å². The molecule has 3 rings (SSSR count). The summed E-state index contributed by atoms with van der Waals surface area (Å²) in [6.07, 6.45) is 2.18. The van der Waals surface area contributed by atoms with E-state index in [9.17, 15) is 9.59 Å². The van der Waals surface area contributed by atoms with Gasteiger partial charge in [-0.05, 0) is 101 Å². The summed E-state index contributed by atoms with van der Waals surface area (Å²) in [5.74, 6) is -0.173. The van der Waals surface area contributed by atoms with Gasteiger partial charge < -0.3 is 19.9 Å². The van der Waals surface area contributed by atoms with Crippen molar-refractivity contribution in [1.29, 1.82) is 0 Å². The number of rotatable bonds is 14. The fourth-order valence-corrected chi connectivity index (χ4v) is 4.81. The van der Waals surface area contributed by atoms with Crippen LogP contribution in [0, 0.1) is 0 Å². The first kappa shape index (κ1) is 30.4. The van der Waals surface area contributed by atoms with E-state index in [4.69, 9.17) is 19.9 Å². The summed E-state index contributed by atoms with van der Waals surface area (Å²) in [6.45, 7) is 9.15. The zero-order chi connectivity index (χ0) is 28.4. The topological polar surface area (TPSA) is 91.1 Å². The lowest BCUT2D eigenvalue weighted by molar-refractivity contribution is -0.145. The van der Waals surface area contributed by atoms with Crippen molar-refractivity contribution in [2.75, 3.05) is 39.1 Å². The first-order chi connectivity index (χ1) is 18.8. The van der Waals surface area contributed by atoms with Gasteiger partial charge in [-0.2, -0.15) is 0 Å². The molecule has 210 valence electrons. The number of unbranched alkanes of at least 4 members (excludes halogenated alkanes) is 2. The molecular formula is C31H39BrN2O5. The van der Waals surface area contributed by atoms with Gasteiger partial charge in [-0.25, -0.2) is 4.79 Å². The number of fused-ring (bicyclic) bond motifs is 1. The molecule has 1 atom stereocenters. The molecule has 0 aliphatic carbocycles. The van der Waals surface area contributed by atoms with Gasteiger partial charge in [-0.15, -0.1) is 0 Å². The first-order valence-corrected chi connectivity index (χ1v) is 14.3. The van der Waals surface area contributed by atoms with Crippen molar-refractivity contribution < 1.29 is 23.8 Å². The second-order valence-corrected chi connectivity index (χ2v) is 10.4. The van der Waals surface area contributed by atoms with Gasteiger partial charge in [-0.1, -0.05) is 38.1 Å². The van der Waals surface area contributed by atoms with Crippen molar-refractivity contribution in [3.8, 4) is 5.75 Å². The molecule has 0 bridgehead atoms. The molecule has 2 N–H and O–H groups in total. The number of ether oxygens (including phenoxy) is 3. The van der Waals surface area contributed by atoms with Gasteiger partial charge in [0.15, 0.2) is 0 Å². The number of halogens is 1. The molecule has 39 heavy (non-hydrogen) atoms. The van der Waals surface area contributed by atoms with Crippen LogP contribution in [0.3, 0.4) is 0 Å². The summed E-state index contributed by atoms with van der Waals surface area (Å²) in [6, 6.07) is 15.3. The highest BCUT2D eigenvalue weighted by molar-refractivity contribution is 9.10. The molecule has 0 spiro atoms. The molecule has 1 unspecified atom stereocenters. The fourth-order valence-electron chi connectivity index (χ4n) is 4.31. The molecule has 0 saturated heterocycles. The lowest BCUT2D eigenvalue weighted by Crippen LogP contribution is -2.23. The molecule has 0 amide bonds. The molecule has 3 aromatic carbocycles. The summed E-state index contributed by atoms with van der Waals surface area (Å²) in [4.78, 5) is 27.4. The first-order valence-electron chi connectivity index (χ1n) is 13.5. The Kier molecular flexibility index (Phi) is 11.6. The molecule has 0 saturated carbocycles. The highest BCUT2D eigenvalue weighted by Gasteiger charge is 2.18. The molecular weight excluding hydrogens is 560 g/mol. The molecule has 7 nitrogen and oxygen atoms in total. The lowest BCUT2D eigenvalue weighted by Gasteiger charge is -2.20. The van der Waals surface area contributed by atoms with Gasteiger partial charge in [0, 0.05) is 11.0 Å². The van der Waals surface area contributed by atoms with Crippen LogP contribution in [0.5, 0.6) is 5.75 Å². The van der Waals surface area contributed by atoms with E-state index in [1.807, 2.05) is 49.4 Å². The van der Waals surface area contributed by atoms with Crippen LogP contribution >= 0.6 is 15.9 Å². The predicted molar refractivity (Wildman–Crippen MR) is 159 cm³/mol. The number of nitrogen functional groups attached to an aromatic ring is 1. The molecule has 0 radical (unpaired) electrons. The monoisotopic (exact) mass is 598 g/mol. The van der Waals surface area contributed by atoms with Gasteiger partial charge in [0.2, 0.25) is 0 Å². The number of nitrogens with zero attached hydrogens (tertiary/aromatic N) is 1. The molecule has 8 heteroatoms. The summed E-state index contributed by atoms with van der Waals surface area (Å²) in [5.41, 5.74) is 9.16. The number of esters is 2. The molecule has 0 heterocycles. The Balaban J connectivity index is 1.39. The number of methoxy groups -OCH3 is 1. The Labute approximate surface area is 239 Å². The standard InChI is InChI=1S/C31H39BrN2O5/c1-5-34(6-2)20-26-17-25(19-28(32)29(26)33)31(36)39-15-9-7-8-14-38-30(35)21(3)22-10-11-24-18-27(37-4)13-12-23(24)16-22/h10-13,16-19,21H,5-9,14-15,20,33H2,1-4H3. The second-order valence-electron chi connectivity index (χ2n) is 9.55. The van der Waals surface area contributed by atoms with Crippen molar-refractivity contribution in [2.45, 2.75) is 52.5 Å². The number of carbonyl (C=O) groups excluding carboxylic acids is 2. The third kappa shape index (κ3) is 8.44. The van der Waals surface area contributed by atoms with Gasteiger partial charge in [-0.3, -0.25) is 9.69 Å². The maximum absolute atomic E-state index is 12.6. The van der Waals surface area contributed by atoms with E-state index in [0.717, 1.165) is 47.2 Å². The third-order valence-corrected chi connectivity index (χ3v) is 7.59. The normalized spacial score (nSPS) is 11.9. The van der Waals surface area contributed by atoms with Crippen LogP contribution < -0.4 is 10.5 Å². The molecule has 0 aromatic heterocycles. The Bertz CT molecular complexity index is 1280. The van der Waals surface area contributed by atoms with Crippen LogP contribution in [0.25, 0.3) is 10.8 Å². The predicted octanol–water partition coefficient (Wildman–Crippen LogP) is 6.71. The quantitative estimate of drug-likeness (QED) is 0.125. The van der Waals surface area contributed by atoms with Crippen LogP contribution in [0.2, 0.25) is 0 Å². The average molecular weight is 600 g/mol. The second kappa shape index (κ2) is 14.9. The van der Waals surface area contributed by atoms with Crippen molar-refractivity contribution >= 4 is 44.3 Å². The fraction of sp³-hybridized carbons (Fsp3) is 0.419. The smallest absolute Gasteiger partial charge is 0.338 e. The van der Waals surface area contributed by atoms with E-state index in [1.165, 1.54) is 0 Å². The van der Waals surface area contributed by atoms with Gasteiger partial charge in [0.25, 0.3) is 0 Å². The molecule has 0 aliphatic heterocycles. The zero-order valence-corrected chi connectivity index (χ0v) is 24.9. The van der Waals surface area contributed by atoms with Crippen LogP contribution in [-0.4, -0.2) is 50.3 Å². The molecule has 3 aromatic rings. The van der Waals surface area contributed by atoms with Crippen molar-refractivity contribution in [3.63, 3.8) is 0 Å². The maximum Gasteiger partial charge on any atom is 0.338 e. The highest BCUT2D eigenvalue weighted by atomic mass is 79.9. The number of nitrogens with two attached hydrogens (primary N) is 1. The average Bonchev–Trinajstić information content (AvgIpc) is 2.95. The van der Waals surface area contributed by atoms with E-state index < -0.39 is 0 Å². The molecule has 0 fully saturated rings. The summed E-state index contributed by atoms with van der Waals surface area (Å²) >= 11 is 3.46. The Morgan fingerprint density at radius 2 is 1.59 bits per heavy atom. The summed E-state index contributed by atoms with van der Waals surface area (Å²) < 4.78 is 17.0. The minimum atomic E-state index is -0.370. The van der Waals surface area contributed by atoms with Crippen LogP contribution in [-0.2, 0) is 20.8 Å². The van der Waals surface area contributed by atoms with Gasteiger partial charge in [0.05, 0.1) is 37.5 Å². The van der Waals surface area contributed by atoms with Gasteiger partial charge in [0.1, 0.15) is 5.75 Å². The van der Waals surface area contributed by atoms with Crippen molar-refractivity contribution in [1.82, 2.24) is 4.90 Å². The van der Waals surface area contributed by atoms with E-state index in [0.29, 0.717) is 48.3 Å². The Morgan fingerprint density at radius 1 is 0.923 bits per heavy atom. The maximum atomic E-state index is 12.6. The summed E-state index contributed by atoms with van der Waals surface area (Å²) in [7, 11) is 1.64. The van der Waals surface area contributed by atoms with Crippen LogP contribution in [0.4, 0.5) is 5.69 Å². The number of carbonyl (C=O) groups is 2. The van der Waals surface area contributed by atoms with E-state index >= 15 is 0 Å². The Hall–Kier alpha value is -3.10. The highest BCUT2D eigenvalue weighted by Crippen LogP contribution is 2.28. The SMILES string of the molecule is CCN(CC)Cc1cc(C(=O)OCCCCCOC(=O)C(C)c2ccc3cc(OC)ccc3c2)cc(Br)c1N. The lowest BCUT2D eigenvalue weighted by atomic mass is 9.98. The van der Waals surface area contributed by atoms with Gasteiger partial charge >= 0.3 is 11.9 Å². The van der Waals surface area contributed by atoms with E-state index in [1.54, 1.807) is 13.2 Å². The number of hydrogen-bond donors (Lipinski definition) is 1. The minimum absolute atomic E-state index is 0.247. The third-order valence-electron chi connectivity index (χ3n) is 6.93. The van der Waals surface area contributed by atoms with E-state index in [-0.39, 0.29) is 17.9 Å². The van der Waals surface area contributed by atoms with E-state index in [2.05, 4.69) is 34.7 Å². The number of anilines is 1. The van der Waals surface area contributed by atoms with Crippen molar-refractivity contribution in [3.05, 3.63) is 69.7 Å².